The van der Waals surface area contributed by atoms with Crippen LogP contribution in [0.4, 0.5) is 0 Å². The van der Waals surface area contributed by atoms with E-state index in [2.05, 4.69) is 0 Å². The summed E-state index contributed by atoms with van der Waals surface area (Å²) in [6.45, 7) is 0.903. The van der Waals surface area contributed by atoms with Gasteiger partial charge in [-0.05, 0) is 22.3 Å². The molecule has 0 heterocycles. The van der Waals surface area contributed by atoms with Crippen LogP contribution < -0.4 is 0 Å². The Labute approximate surface area is 241 Å². The van der Waals surface area contributed by atoms with Crippen molar-refractivity contribution in [3.8, 4) is 0 Å². The van der Waals surface area contributed by atoms with Gasteiger partial charge in [-0.1, -0.05) is 121 Å². The summed E-state index contributed by atoms with van der Waals surface area (Å²) in [7, 11) is 0. The normalized spacial score (nSPS) is 22.5. The Morgan fingerprint density at radius 1 is 0.585 bits per heavy atom. The van der Waals surface area contributed by atoms with Crippen molar-refractivity contribution in [3.63, 3.8) is 0 Å². The summed E-state index contributed by atoms with van der Waals surface area (Å²) in [6, 6.07) is 38.9. The van der Waals surface area contributed by atoms with Gasteiger partial charge in [0.1, 0.15) is 23.9 Å². The molecule has 0 radical (unpaired) electrons. The van der Waals surface area contributed by atoms with E-state index in [9.17, 15) is 9.90 Å². The van der Waals surface area contributed by atoms with E-state index >= 15 is 0 Å². The lowest BCUT2D eigenvalue weighted by atomic mass is 9.78. The van der Waals surface area contributed by atoms with E-state index in [1.54, 1.807) is 0 Å². The zero-order chi connectivity index (χ0) is 28.3. The lowest BCUT2D eigenvalue weighted by Gasteiger charge is -2.46. The van der Waals surface area contributed by atoms with Crippen LogP contribution in [0.2, 0.25) is 0 Å². The van der Waals surface area contributed by atoms with Gasteiger partial charge in [-0.2, -0.15) is 0 Å². The van der Waals surface area contributed by atoms with Crippen LogP contribution in [-0.4, -0.2) is 41.4 Å². The van der Waals surface area contributed by atoms with Crippen LogP contribution in [0.1, 0.15) is 28.7 Å². The van der Waals surface area contributed by atoms with Gasteiger partial charge in [-0.25, -0.2) is 0 Å². The fraction of sp³-hybridized carbons (Fsp3) is 0.286. The van der Waals surface area contributed by atoms with Crippen LogP contribution in [0.25, 0.3) is 0 Å². The van der Waals surface area contributed by atoms with E-state index in [1.807, 2.05) is 121 Å². The first-order chi connectivity index (χ1) is 20.1. The van der Waals surface area contributed by atoms with Gasteiger partial charge in [0, 0.05) is 6.42 Å². The van der Waals surface area contributed by atoms with Crippen molar-refractivity contribution in [2.75, 3.05) is 6.61 Å². The molecular formula is C35H36O6. The summed E-state index contributed by atoms with van der Waals surface area (Å²) in [6.07, 6.45) is -2.85. The first kappa shape index (κ1) is 28.9. The molecule has 6 heteroatoms. The zero-order valence-corrected chi connectivity index (χ0v) is 23.0. The van der Waals surface area contributed by atoms with Gasteiger partial charge in [0.25, 0.3) is 0 Å². The summed E-state index contributed by atoms with van der Waals surface area (Å²) in [5.74, 6) is -0.246. The number of hydrogen-bond donors (Lipinski definition) is 1. The molecule has 4 aromatic rings. The summed E-state index contributed by atoms with van der Waals surface area (Å²) in [5.41, 5.74) is 2.18. The molecule has 1 aliphatic carbocycles. The first-order valence-electron chi connectivity index (χ1n) is 13.9. The van der Waals surface area contributed by atoms with Gasteiger partial charge in [-0.15, -0.1) is 0 Å². The fourth-order valence-electron chi connectivity index (χ4n) is 5.10. The van der Waals surface area contributed by atoms with Crippen LogP contribution in [0.5, 0.6) is 0 Å². The average molecular weight is 553 g/mol. The van der Waals surface area contributed by atoms with Crippen LogP contribution >= 0.6 is 0 Å². The summed E-state index contributed by atoms with van der Waals surface area (Å²) >= 11 is 0. The Kier molecular flexibility index (Phi) is 10.1. The molecule has 0 aromatic heterocycles. The largest absolute Gasteiger partial charge is 0.384 e. The van der Waals surface area contributed by atoms with Crippen molar-refractivity contribution in [1.82, 2.24) is 0 Å². The lowest BCUT2D eigenvalue weighted by Crippen LogP contribution is -2.65. The van der Waals surface area contributed by atoms with Gasteiger partial charge in [0.2, 0.25) is 0 Å². The molecule has 212 valence electrons. The maximum Gasteiger partial charge on any atom is 0.167 e. The summed E-state index contributed by atoms with van der Waals surface area (Å²) in [5, 5.41) is 12.0. The Morgan fingerprint density at radius 3 is 1.49 bits per heavy atom. The monoisotopic (exact) mass is 552 g/mol. The van der Waals surface area contributed by atoms with E-state index < -0.39 is 23.9 Å². The number of Topliss-reactive ketones (excluding diaryl/α,β-unsaturated/α-hetero) is 1. The van der Waals surface area contributed by atoms with E-state index in [4.69, 9.17) is 18.9 Å². The second kappa shape index (κ2) is 14.3. The Bertz CT molecular complexity index is 1330. The number of ether oxygens (including phenoxy) is 4. The molecule has 1 fully saturated rings. The molecule has 5 rings (SSSR count). The third-order valence-electron chi connectivity index (χ3n) is 7.22. The minimum Gasteiger partial charge on any atom is -0.384 e. The predicted octanol–water partition coefficient (Wildman–Crippen LogP) is 5.66. The molecule has 0 saturated heterocycles. The van der Waals surface area contributed by atoms with Crippen molar-refractivity contribution in [1.29, 1.82) is 0 Å². The minimum atomic E-state index is -1.62. The second-order valence-corrected chi connectivity index (χ2v) is 10.4. The van der Waals surface area contributed by atoms with Crippen LogP contribution in [-0.2, 0) is 50.2 Å². The molecule has 0 bridgehead atoms. The third kappa shape index (κ3) is 7.97. The number of hydrogen-bond acceptors (Lipinski definition) is 6. The molecule has 4 aromatic carbocycles. The van der Waals surface area contributed by atoms with E-state index in [0.717, 1.165) is 22.3 Å². The lowest BCUT2D eigenvalue weighted by molar-refractivity contribution is -0.240. The highest BCUT2D eigenvalue weighted by molar-refractivity contribution is 5.86. The quantitative estimate of drug-likeness (QED) is 0.231. The van der Waals surface area contributed by atoms with Gasteiger partial charge in [0.05, 0.1) is 33.0 Å². The molecule has 4 atom stereocenters. The van der Waals surface area contributed by atoms with Crippen LogP contribution in [0.3, 0.4) is 0 Å². The molecule has 1 saturated carbocycles. The standard InChI is InChI=1S/C35H36O6/c36-31-21-35(37,26-38-22-27-13-5-1-6-14-27)34(41-25-30-19-11-4-12-20-30)33(40-24-29-17-9-3-10-18-29)32(31)39-23-28-15-7-2-8-16-28/h1-20,32-34,37H,21-26H2/t32-,33+,34+,35?/m0/s1. The molecule has 1 unspecified atom stereocenters. The molecular weight excluding hydrogens is 516 g/mol. The van der Waals surface area contributed by atoms with Gasteiger partial charge in [-0.3, -0.25) is 4.79 Å². The van der Waals surface area contributed by atoms with Gasteiger partial charge < -0.3 is 24.1 Å². The van der Waals surface area contributed by atoms with E-state index in [1.165, 1.54) is 0 Å². The Morgan fingerprint density at radius 2 is 1.00 bits per heavy atom. The molecule has 1 aliphatic rings. The van der Waals surface area contributed by atoms with Crippen molar-refractivity contribution < 1.29 is 28.8 Å². The third-order valence-corrected chi connectivity index (χ3v) is 7.22. The molecule has 0 spiro atoms. The number of rotatable bonds is 13. The number of carbonyl (C=O) groups excluding carboxylic acids is 1. The topological polar surface area (TPSA) is 74.2 Å². The first-order valence-corrected chi connectivity index (χ1v) is 13.9. The Balaban J connectivity index is 1.40. The SMILES string of the molecule is O=C1CC(O)(COCc2ccccc2)[C@H](OCc2ccccc2)[C@H](OCc2ccccc2)[C@H]1OCc1ccccc1. The minimum absolute atomic E-state index is 0.0936. The number of ketones is 1. The molecule has 41 heavy (non-hydrogen) atoms. The number of benzene rings is 4. The Hall–Kier alpha value is -3.65. The van der Waals surface area contributed by atoms with Gasteiger partial charge >= 0.3 is 0 Å². The highest BCUT2D eigenvalue weighted by Crippen LogP contribution is 2.35. The maximum atomic E-state index is 13.6. The van der Waals surface area contributed by atoms with Crippen molar-refractivity contribution in [3.05, 3.63) is 144 Å². The number of carbonyl (C=O) groups is 1. The molecule has 0 aliphatic heterocycles. The second-order valence-electron chi connectivity index (χ2n) is 10.4. The van der Waals surface area contributed by atoms with Crippen molar-refractivity contribution in [2.45, 2.75) is 56.8 Å². The van der Waals surface area contributed by atoms with E-state index in [-0.39, 0.29) is 38.6 Å². The highest BCUT2D eigenvalue weighted by atomic mass is 16.6. The van der Waals surface area contributed by atoms with Crippen molar-refractivity contribution in [2.24, 2.45) is 0 Å². The predicted molar refractivity (Wildman–Crippen MR) is 156 cm³/mol. The summed E-state index contributed by atoms with van der Waals surface area (Å²) < 4.78 is 25.1. The van der Waals surface area contributed by atoms with Crippen molar-refractivity contribution >= 4 is 5.78 Å². The van der Waals surface area contributed by atoms with Crippen LogP contribution in [0.15, 0.2) is 121 Å². The van der Waals surface area contributed by atoms with Gasteiger partial charge in [0.15, 0.2) is 5.78 Å². The average Bonchev–Trinajstić information content (AvgIpc) is 3.01. The molecule has 6 nitrogen and oxygen atoms in total. The fourth-order valence-corrected chi connectivity index (χ4v) is 5.10. The molecule has 1 N–H and O–H groups in total. The van der Waals surface area contributed by atoms with E-state index in [0.29, 0.717) is 6.61 Å². The summed E-state index contributed by atoms with van der Waals surface area (Å²) in [4.78, 5) is 13.6. The smallest absolute Gasteiger partial charge is 0.167 e. The number of aliphatic hydroxyl groups is 1. The highest BCUT2D eigenvalue weighted by Gasteiger charge is 2.55. The maximum absolute atomic E-state index is 13.6. The van der Waals surface area contributed by atoms with Crippen LogP contribution in [0, 0.1) is 0 Å². The molecule has 0 amide bonds. The zero-order valence-electron chi connectivity index (χ0n) is 23.0.